The van der Waals surface area contributed by atoms with Crippen molar-refractivity contribution in [3.8, 4) is 0 Å². The van der Waals surface area contributed by atoms with E-state index in [-0.39, 0.29) is 5.56 Å². The van der Waals surface area contributed by atoms with Crippen molar-refractivity contribution >= 4 is 23.4 Å². The van der Waals surface area contributed by atoms with E-state index in [4.69, 9.17) is 16.7 Å². The molecule has 0 unspecified atom stereocenters. The van der Waals surface area contributed by atoms with Gasteiger partial charge in [-0.2, -0.15) is 0 Å². The highest BCUT2D eigenvalue weighted by Gasteiger charge is 2.02. The Morgan fingerprint density at radius 3 is 2.63 bits per heavy atom. The van der Waals surface area contributed by atoms with E-state index in [1.165, 1.54) is 6.20 Å². The Balaban J connectivity index is 1.87. The fraction of sp³-hybridized carbons (Fsp3) is 0.154. The van der Waals surface area contributed by atoms with Gasteiger partial charge >= 0.3 is 5.97 Å². The van der Waals surface area contributed by atoms with Crippen LogP contribution in [0.4, 0.5) is 5.82 Å². The molecular weight excluding hydrogens is 266 g/mol. The molecule has 0 aliphatic rings. The summed E-state index contributed by atoms with van der Waals surface area (Å²) in [6.45, 7) is 0.668. The van der Waals surface area contributed by atoms with Crippen LogP contribution in [-0.2, 0) is 6.42 Å². The standard InChI is InChI=1S/C13H12ClN3O2/c14-11-7-15-8-12(17-11)16-6-5-9-1-3-10(4-2-9)13(18)19/h1-4,7-8H,5-6H2,(H,16,17)(H,18,19). The summed E-state index contributed by atoms with van der Waals surface area (Å²) in [5.41, 5.74) is 1.34. The Hall–Kier alpha value is -2.14. The average molecular weight is 278 g/mol. The molecule has 0 radical (unpaired) electrons. The molecule has 6 heteroatoms. The third kappa shape index (κ3) is 3.93. The first-order chi connectivity index (χ1) is 9.15. The van der Waals surface area contributed by atoms with Gasteiger partial charge in [0.15, 0.2) is 0 Å². The van der Waals surface area contributed by atoms with Crippen LogP contribution in [0.5, 0.6) is 0 Å². The Morgan fingerprint density at radius 2 is 2.00 bits per heavy atom. The minimum atomic E-state index is -0.918. The quantitative estimate of drug-likeness (QED) is 0.878. The number of benzene rings is 1. The fourth-order valence-electron chi connectivity index (χ4n) is 1.58. The smallest absolute Gasteiger partial charge is 0.335 e. The summed E-state index contributed by atoms with van der Waals surface area (Å²) in [5.74, 6) is -0.298. The lowest BCUT2D eigenvalue weighted by Crippen LogP contribution is -2.07. The van der Waals surface area contributed by atoms with E-state index in [0.717, 1.165) is 12.0 Å². The van der Waals surface area contributed by atoms with Gasteiger partial charge in [0.2, 0.25) is 0 Å². The minimum absolute atomic E-state index is 0.289. The molecule has 1 aromatic heterocycles. The molecule has 0 spiro atoms. The van der Waals surface area contributed by atoms with Gasteiger partial charge in [0.05, 0.1) is 18.0 Å². The van der Waals surface area contributed by atoms with E-state index in [1.54, 1.807) is 30.5 Å². The first-order valence-electron chi connectivity index (χ1n) is 5.69. The second-order valence-electron chi connectivity index (χ2n) is 3.91. The molecule has 0 aliphatic carbocycles. The maximum Gasteiger partial charge on any atom is 0.335 e. The zero-order chi connectivity index (χ0) is 13.7. The molecule has 1 heterocycles. The number of nitrogens with one attached hydrogen (secondary N) is 1. The van der Waals surface area contributed by atoms with Crippen molar-refractivity contribution in [2.75, 3.05) is 11.9 Å². The van der Waals surface area contributed by atoms with Crippen LogP contribution >= 0.6 is 11.6 Å². The van der Waals surface area contributed by atoms with Crippen LogP contribution in [-0.4, -0.2) is 27.6 Å². The number of aromatic carboxylic acids is 1. The summed E-state index contributed by atoms with van der Waals surface area (Å²) in [4.78, 5) is 18.7. The number of carboxylic acids is 1. The lowest BCUT2D eigenvalue weighted by molar-refractivity contribution is 0.0697. The Kier molecular flexibility index (Phi) is 4.30. The third-order valence-corrected chi connectivity index (χ3v) is 2.71. The number of anilines is 1. The van der Waals surface area contributed by atoms with Crippen molar-refractivity contribution < 1.29 is 9.90 Å². The average Bonchev–Trinajstić information content (AvgIpc) is 2.39. The summed E-state index contributed by atoms with van der Waals surface area (Å²) in [6, 6.07) is 6.79. The van der Waals surface area contributed by atoms with E-state index in [0.29, 0.717) is 17.5 Å². The molecule has 0 aliphatic heterocycles. The van der Waals surface area contributed by atoms with Crippen molar-refractivity contribution in [3.05, 3.63) is 52.9 Å². The highest BCUT2D eigenvalue weighted by atomic mass is 35.5. The number of aromatic nitrogens is 2. The summed E-state index contributed by atoms with van der Waals surface area (Å²) in [7, 11) is 0. The molecule has 0 atom stereocenters. The summed E-state index contributed by atoms with van der Waals surface area (Å²) < 4.78 is 0. The maximum absolute atomic E-state index is 10.7. The molecule has 5 nitrogen and oxygen atoms in total. The molecule has 98 valence electrons. The van der Waals surface area contributed by atoms with Crippen LogP contribution in [0.3, 0.4) is 0 Å². The molecule has 2 aromatic rings. The number of halogens is 1. The van der Waals surface area contributed by atoms with Gasteiger partial charge in [-0.3, -0.25) is 4.98 Å². The van der Waals surface area contributed by atoms with Gasteiger partial charge < -0.3 is 10.4 Å². The predicted molar refractivity (Wildman–Crippen MR) is 72.6 cm³/mol. The topological polar surface area (TPSA) is 75.1 Å². The number of carbonyl (C=O) groups is 1. The van der Waals surface area contributed by atoms with Gasteiger partial charge in [-0.05, 0) is 24.1 Å². The van der Waals surface area contributed by atoms with Crippen LogP contribution in [0.25, 0.3) is 0 Å². The predicted octanol–water partition coefficient (Wildman–Crippen LogP) is 2.48. The van der Waals surface area contributed by atoms with Crippen molar-refractivity contribution in [2.24, 2.45) is 0 Å². The fourth-order valence-corrected chi connectivity index (χ4v) is 1.72. The Bertz CT molecular complexity index is 572. The molecule has 0 amide bonds. The zero-order valence-electron chi connectivity index (χ0n) is 10.0. The molecule has 0 bridgehead atoms. The monoisotopic (exact) mass is 277 g/mol. The van der Waals surface area contributed by atoms with Gasteiger partial charge in [0.1, 0.15) is 11.0 Å². The summed E-state index contributed by atoms with van der Waals surface area (Å²) >= 11 is 5.72. The van der Waals surface area contributed by atoms with Gasteiger partial charge in [0, 0.05) is 6.54 Å². The largest absolute Gasteiger partial charge is 0.478 e. The Morgan fingerprint density at radius 1 is 1.26 bits per heavy atom. The van der Waals surface area contributed by atoms with Crippen LogP contribution in [0.1, 0.15) is 15.9 Å². The van der Waals surface area contributed by atoms with E-state index >= 15 is 0 Å². The van der Waals surface area contributed by atoms with Crippen LogP contribution in [0, 0.1) is 0 Å². The maximum atomic E-state index is 10.7. The number of hydrogen-bond donors (Lipinski definition) is 2. The van der Waals surface area contributed by atoms with Gasteiger partial charge in [-0.15, -0.1) is 0 Å². The van der Waals surface area contributed by atoms with Crippen LogP contribution in [0.15, 0.2) is 36.7 Å². The molecule has 1 aromatic carbocycles. The summed E-state index contributed by atoms with van der Waals surface area (Å²) in [5, 5.41) is 12.2. The van der Waals surface area contributed by atoms with Crippen LogP contribution in [0.2, 0.25) is 5.15 Å². The lowest BCUT2D eigenvalue weighted by atomic mass is 10.1. The second kappa shape index (κ2) is 6.15. The lowest BCUT2D eigenvalue weighted by Gasteiger charge is -2.05. The van der Waals surface area contributed by atoms with Gasteiger partial charge in [-0.25, -0.2) is 9.78 Å². The van der Waals surface area contributed by atoms with Gasteiger partial charge in [-0.1, -0.05) is 23.7 Å². The number of carboxylic acid groups (broad SMARTS) is 1. The number of rotatable bonds is 5. The molecular formula is C13H12ClN3O2. The normalized spacial score (nSPS) is 10.2. The molecule has 0 fully saturated rings. The molecule has 2 rings (SSSR count). The molecule has 19 heavy (non-hydrogen) atoms. The second-order valence-corrected chi connectivity index (χ2v) is 4.29. The van der Waals surface area contributed by atoms with Crippen molar-refractivity contribution in [1.82, 2.24) is 9.97 Å². The highest BCUT2D eigenvalue weighted by molar-refractivity contribution is 6.29. The van der Waals surface area contributed by atoms with Crippen LogP contribution < -0.4 is 5.32 Å². The molecule has 2 N–H and O–H groups in total. The Labute approximate surface area is 115 Å². The highest BCUT2D eigenvalue weighted by Crippen LogP contribution is 2.08. The number of hydrogen-bond acceptors (Lipinski definition) is 4. The van der Waals surface area contributed by atoms with Crippen molar-refractivity contribution in [3.63, 3.8) is 0 Å². The molecule has 0 saturated heterocycles. The first kappa shape index (κ1) is 13.3. The summed E-state index contributed by atoms with van der Waals surface area (Å²) in [6.07, 6.45) is 3.82. The van der Waals surface area contributed by atoms with E-state index in [1.807, 2.05) is 0 Å². The van der Waals surface area contributed by atoms with E-state index in [9.17, 15) is 4.79 Å². The van der Waals surface area contributed by atoms with Crippen molar-refractivity contribution in [1.29, 1.82) is 0 Å². The zero-order valence-corrected chi connectivity index (χ0v) is 10.8. The van der Waals surface area contributed by atoms with E-state index < -0.39 is 5.97 Å². The molecule has 0 saturated carbocycles. The first-order valence-corrected chi connectivity index (χ1v) is 6.06. The van der Waals surface area contributed by atoms with Crippen molar-refractivity contribution in [2.45, 2.75) is 6.42 Å². The number of nitrogens with zero attached hydrogens (tertiary/aromatic N) is 2. The van der Waals surface area contributed by atoms with Gasteiger partial charge in [0.25, 0.3) is 0 Å². The van der Waals surface area contributed by atoms with E-state index in [2.05, 4.69) is 15.3 Å². The SMILES string of the molecule is O=C(O)c1ccc(CCNc2cncc(Cl)n2)cc1. The third-order valence-electron chi connectivity index (χ3n) is 2.53. The minimum Gasteiger partial charge on any atom is -0.478 e.